The Morgan fingerprint density at radius 1 is 1.25 bits per heavy atom. The summed E-state index contributed by atoms with van der Waals surface area (Å²) in [6, 6.07) is 8.69. The van der Waals surface area contributed by atoms with Crippen molar-refractivity contribution in [3.8, 4) is 0 Å². The summed E-state index contributed by atoms with van der Waals surface area (Å²) in [5.74, 6) is -0.194. The van der Waals surface area contributed by atoms with E-state index in [-0.39, 0.29) is 29.9 Å². The summed E-state index contributed by atoms with van der Waals surface area (Å²) in [7, 11) is 2.22. The van der Waals surface area contributed by atoms with E-state index >= 15 is 0 Å². The highest BCUT2D eigenvalue weighted by Gasteiger charge is 2.28. The third kappa shape index (κ3) is 4.63. The second-order valence-corrected chi connectivity index (χ2v) is 5.83. The van der Waals surface area contributed by atoms with E-state index in [0.29, 0.717) is 6.42 Å². The summed E-state index contributed by atoms with van der Waals surface area (Å²) in [6.45, 7) is 7.19. The van der Waals surface area contributed by atoms with Gasteiger partial charge in [0.25, 0.3) is 0 Å². The van der Waals surface area contributed by atoms with Crippen LogP contribution >= 0.6 is 0 Å². The molecule has 1 aromatic carbocycles. The molecule has 1 aromatic rings. The minimum Gasteiger partial charge on any atom is -1.00 e. The lowest BCUT2D eigenvalue weighted by Crippen LogP contribution is -3.00. The number of aryl methyl sites for hydroxylation is 1. The van der Waals surface area contributed by atoms with E-state index < -0.39 is 0 Å². The van der Waals surface area contributed by atoms with Gasteiger partial charge in [-0.3, -0.25) is 4.79 Å². The Morgan fingerprint density at radius 3 is 2.30 bits per heavy atom. The van der Waals surface area contributed by atoms with E-state index in [1.54, 1.807) is 0 Å². The van der Waals surface area contributed by atoms with Crippen LogP contribution in [0.3, 0.4) is 0 Å². The van der Waals surface area contributed by atoms with E-state index in [2.05, 4.69) is 43.1 Å². The fourth-order valence-corrected chi connectivity index (χ4v) is 2.57. The zero-order valence-electron chi connectivity index (χ0n) is 12.3. The van der Waals surface area contributed by atoms with Gasteiger partial charge < -0.3 is 39.1 Å². The molecule has 0 aromatic heterocycles. The summed E-state index contributed by atoms with van der Waals surface area (Å²) in [5.41, 5.74) is 7.83. The van der Waals surface area contributed by atoms with E-state index in [0.717, 1.165) is 37.2 Å². The first kappa shape index (κ1) is 17.2. The van der Waals surface area contributed by atoms with E-state index in [4.69, 9.17) is 5.73 Å². The Kier molecular flexibility index (Phi) is 6.26. The molecule has 0 aliphatic carbocycles. The van der Waals surface area contributed by atoms with E-state index in [1.807, 2.05) is 0 Å². The second-order valence-electron chi connectivity index (χ2n) is 5.83. The van der Waals surface area contributed by atoms with Gasteiger partial charge in [-0.25, -0.2) is 0 Å². The minimum atomic E-state index is -0.194. The lowest BCUT2D eigenvalue weighted by Gasteiger charge is -2.42. The predicted molar refractivity (Wildman–Crippen MR) is 78.0 cm³/mol. The lowest BCUT2D eigenvalue weighted by molar-refractivity contribution is -0.909. The Labute approximate surface area is 138 Å². The fourth-order valence-electron chi connectivity index (χ4n) is 2.57. The van der Waals surface area contributed by atoms with Crippen molar-refractivity contribution in [1.29, 1.82) is 0 Å². The summed E-state index contributed by atoms with van der Waals surface area (Å²) in [5, 5.41) is 0. The Balaban J connectivity index is 0.00000200. The lowest BCUT2D eigenvalue weighted by atomic mass is 10.1. The number of rotatable bonds is 4. The zero-order chi connectivity index (χ0) is 13.9. The molecule has 2 N–H and O–H groups in total. The first-order valence-electron chi connectivity index (χ1n) is 6.92. The first-order valence-corrected chi connectivity index (χ1v) is 6.92. The molecule has 1 aliphatic heterocycles. The van der Waals surface area contributed by atoms with Crippen LogP contribution in [0.25, 0.3) is 0 Å². The number of amides is 1. The number of piperazine rings is 1. The highest BCUT2D eigenvalue weighted by molar-refractivity contribution is 5.73. The number of primary amides is 1. The minimum absolute atomic E-state index is 0. The van der Waals surface area contributed by atoms with Crippen LogP contribution in [0.2, 0.25) is 0 Å². The van der Waals surface area contributed by atoms with Gasteiger partial charge in [-0.15, -0.1) is 0 Å². The van der Waals surface area contributed by atoms with Crippen molar-refractivity contribution < 1.29 is 33.3 Å². The quantitative estimate of drug-likeness (QED) is 0.485. The number of nitrogens with zero attached hydrogens (tertiary/aromatic N) is 2. The fraction of sp³-hybridized carbons (Fsp3) is 0.533. The van der Waals surface area contributed by atoms with Gasteiger partial charge in [-0.05, 0) is 19.1 Å². The maximum absolute atomic E-state index is 10.9. The average Bonchev–Trinajstić information content (AvgIpc) is 2.39. The monoisotopic (exact) mass is 389 g/mol. The normalized spacial score (nSPS) is 17.4. The molecule has 0 atom stereocenters. The summed E-state index contributed by atoms with van der Waals surface area (Å²) in [4.78, 5) is 13.3. The third-order valence-electron chi connectivity index (χ3n) is 4.12. The van der Waals surface area contributed by atoms with Crippen LogP contribution in [0.5, 0.6) is 0 Å². The summed E-state index contributed by atoms with van der Waals surface area (Å²) >= 11 is 0. The molecule has 1 saturated heterocycles. The van der Waals surface area contributed by atoms with Gasteiger partial charge in [0.05, 0.1) is 46.2 Å². The molecule has 4 nitrogen and oxygen atoms in total. The summed E-state index contributed by atoms with van der Waals surface area (Å²) in [6.07, 6.45) is 0.487. The van der Waals surface area contributed by atoms with Crippen molar-refractivity contribution >= 4 is 11.6 Å². The Bertz CT molecular complexity index is 439. The van der Waals surface area contributed by atoms with Crippen LogP contribution in [-0.2, 0) is 4.79 Å². The van der Waals surface area contributed by atoms with Gasteiger partial charge in [0.2, 0.25) is 5.91 Å². The number of halogens is 1. The van der Waals surface area contributed by atoms with Gasteiger partial charge in [0.15, 0.2) is 0 Å². The number of hydrogen-bond donors (Lipinski definition) is 1. The maximum Gasteiger partial charge on any atom is 0.223 e. The zero-order valence-corrected chi connectivity index (χ0v) is 14.5. The molecule has 20 heavy (non-hydrogen) atoms. The highest BCUT2D eigenvalue weighted by Crippen LogP contribution is 2.19. The molecule has 0 radical (unpaired) electrons. The van der Waals surface area contributed by atoms with Gasteiger partial charge >= 0.3 is 0 Å². The molecule has 1 amide bonds. The van der Waals surface area contributed by atoms with Gasteiger partial charge in [0.1, 0.15) is 0 Å². The molecule has 1 heterocycles. The van der Waals surface area contributed by atoms with Crippen molar-refractivity contribution in [3.63, 3.8) is 0 Å². The number of hydrogen-bond acceptors (Lipinski definition) is 2. The third-order valence-corrected chi connectivity index (χ3v) is 4.12. The summed E-state index contributed by atoms with van der Waals surface area (Å²) < 4.78 is 0.950. The number of nitrogens with two attached hydrogens (primary N) is 1. The van der Waals surface area contributed by atoms with Crippen LogP contribution in [-0.4, -0.2) is 50.2 Å². The molecule has 0 unspecified atom stereocenters. The number of likely N-dealkylation sites (N-methyl/N-ethyl adjacent to an activating group) is 1. The van der Waals surface area contributed by atoms with E-state index in [1.165, 1.54) is 11.3 Å². The molecular formula is C15H24IN3O. The molecule has 1 aliphatic rings. The van der Waals surface area contributed by atoms with Crippen molar-refractivity contribution in [2.24, 2.45) is 5.73 Å². The van der Waals surface area contributed by atoms with Crippen LogP contribution in [0, 0.1) is 6.92 Å². The van der Waals surface area contributed by atoms with Gasteiger partial charge in [-0.1, -0.05) is 17.7 Å². The maximum atomic E-state index is 10.9. The Morgan fingerprint density at radius 2 is 1.80 bits per heavy atom. The van der Waals surface area contributed by atoms with E-state index in [9.17, 15) is 4.79 Å². The van der Waals surface area contributed by atoms with Crippen LogP contribution < -0.4 is 34.6 Å². The predicted octanol–water partition coefficient (Wildman–Crippen LogP) is -1.86. The molecule has 5 heteroatoms. The average molecular weight is 389 g/mol. The van der Waals surface area contributed by atoms with Crippen molar-refractivity contribution in [1.82, 2.24) is 0 Å². The largest absolute Gasteiger partial charge is 1.00 e. The van der Waals surface area contributed by atoms with Gasteiger partial charge in [0, 0.05) is 5.69 Å². The molecule has 0 saturated carbocycles. The van der Waals surface area contributed by atoms with Crippen LogP contribution in [0.4, 0.5) is 5.69 Å². The van der Waals surface area contributed by atoms with Crippen molar-refractivity contribution in [3.05, 3.63) is 29.8 Å². The first-order chi connectivity index (χ1) is 8.98. The number of carbonyl (C=O) groups excluding carboxylic acids is 1. The highest BCUT2D eigenvalue weighted by atomic mass is 127. The topological polar surface area (TPSA) is 46.3 Å². The second kappa shape index (κ2) is 7.26. The number of benzene rings is 1. The molecule has 112 valence electrons. The number of quaternary nitrogens is 1. The van der Waals surface area contributed by atoms with Gasteiger partial charge in [-0.2, -0.15) is 0 Å². The van der Waals surface area contributed by atoms with Crippen molar-refractivity contribution in [2.45, 2.75) is 13.3 Å². The number of carbonyl (C=O) groups is 1. The number of anilines is 1. The van der Waals surface area contributed by atoms with Crippen molar-refractivity contribution in [2.75, 3.05) is 44.7 Å². The molecule has 1 fully saturated rings. The standard InChI is InChI=1S/C15H23N3O.HI/c1-13-3-5-14(6-4-13)17-8-11-18(2,12-9-17)10-7-15(16)19;/h3-6H,7-12H2,1-2H3,(H-,16,19);1H. The smallest absolute Gasteiger partial charge is 0.223 e. The SMILES string of the molecule is Cc1ccc(N2CC[N+](C)(CCC(N)=O)CC2)cc1.[I-]. The Hall–Kier alpha value is -0.820. The molecule has 0 bridgehead atoms. The molecule has 2 rings (SSSR count). The molecular weight excluding hydrogens is 365 g/mol. The van der Waals surface area contributed by atoms with Crippen LogP contribution in [0.1, 0.15) is 12.0 Å². The van der Waals surface area contributed by atoms with Crippen LogP contribution in [0.15, 0.2) is 24.3 Å². The molecule has 0 spiro atoms.